The average Bonchev–Trinajstić information content (AvgIpc) is 2.96. The van der Waals surface area contributed by atoms with E-state index in [2.05, 4.69) is 5.32 Å². The number of amides is 3. The van der Waals surface area contributed by atoms with Gasteiger partial charge in [0.05, 0.1) is 26.1 Å². The first-order valence-corrected chi connectivity index (χ1v) is 9.53. The summed E-state index contributed by atoms with van der Waals surface area (Å²) in [6, 6.07) is 5.63. The van der Waals surface area contributed by atoms with E-state index in [-0.39, 0.29) is 42.5 Å². The van der Waals surface area contributed by atoms with Crippen LogP contribution in [0.4, 0.5) is 0 Å². The van der Waals surface area contributed by atoms with Gasteiger partial charge in [0.2, 0.25) is 17.7 Å². The van der Waals surface area contributed by atoms with Gasteiger partial charge in [-0.25, -0.2) is 0 Å². The van der Waals surface area contributed by atoms with Crippen molar-refractivity contribution in [1.29, 1.82) is 0 Å². The predicted octanol–water partition coefficient (Wildman–Crippen LogP) is 1.70. The monoisotopic (exact) mass is 386 g/mol. The van der Waals surface area contributed by atoms with Crippen molar-refractivity contribution in [3.8, 4) is 11.5 Å². The van der Waals surface area contributed by atoms with Crippen LogP contribution < -0.4 is 14.8 Å². The fourth-order valence-electron chi connectivity index (χ4n) is 3.77. The third kappa shape index (κ3) is 4.18. The lowest BCUT2D eigenvalue weighted by atomic mass is 9.85. The largest absolute Gasteiger partial charge is 0.493 e. The minimum atomic E-state index is -0.245. The molecule has 0 radical (unpaired) electrons. The molecule has 0 saturated carbocycles. The van der Waals surface area contributed by atoms with Gasteiger partial charge in [-0.3, -0.25) is 19.3 Å². The van der Waals surface area contributed by atoms with E-state index in [0.717, 1.165) is 5.56 Å². The van der Waals surface area contributed by atoms with Crippen molar-refractivity contribution in [3.05, 3.63) is 35.9 Å². The molecule has 0 aromatic heterocycles. The number of ether oxygens (including phenoxy) is 2. The first kappa shape index (κ1) is 19.9. The van der Waals surface area contributed by atoms with Crippen LogP contribution in [0.1, 0.15) is 24.8 Å². The molecule has 3 amide bonds. The van der Waals surface area contributed by atoms with Gasteiger partial charge in [0, 0.05) is 19.5 Å². The first-order chi connectivity index (χ1) is 13.5. The van der Waals surface area contributed by atoms with Crippen LogP contribution in [0, 0.1) is 11.8 Å². The molecule has 1 fully saturated rings. The highest BCUT2D eigenvalue weighted by Crippen LogP contribution is 2.35. The average molecular weight is 386 g/mol. The van der Waals surface area contributed by atoms with Crippen molar-refractivity contribution in [2.24, 2.45) is 11.8 Å². The lowest BCUT2D eigenvalue weighted by molar-refractivity contribution is -0.140. The molecular formula is C21H26N2O5. The molecule has 0 spiro atoms. The van der Waals surface area contributed by atoms with Crippen molar-refractivity contribution in [1.82, 2.24) is 10.2 Å². The smallest absolute Gasteiger partial charge is 0.233 e. The Kier molecular flexibility index (Phi) is 6.34. The number of nitrogens with zero attached hydrogens (tertiary/aromatic N) is 1. The van der Waals surface area contributed by atoms with Crippen LogP contribution in [0.2, 0.25) is 0 Å². The summed E-state index contributed by atoms with van der Waals surface area (Å²) < 4.78 is 10.5. The number of benzene rings is 1. The molecule has 2 aliphatic rings. The van der Waals surface area contributed by atoms with Crippen LogP contribution in [-0.2, 0) is 20.8 Å². The van der Waals surface area contributed by atoms with Gasteiger partial charge < -0.3 is 14.8 Å². The molecule has 1 aromatic rings. The van der Waals surface area contributed by atoms with Gasteiger partial charge in [0.15, 0.2) is 11.5 Å². The third-order valence-electron chi connectivity index (χ3n) is 5.35. The van der Waals surface area contributed by atoms with Crippen LogP contribution in [0.25, 0.3) is 0 Å². The zero-order chi connectivity index (χ0) is 20.1. The van der Waals surface area contributed by atoms with Crippen molar-refractivity contribution in [2.45, 2.75) is 25.7 Å². The van der Waals surface area contributed by atoms with Gasteiger partial charge in [-0.2, -0.15) is 0 Å². The molecule has 28 heavy (non-hydrogen) atoms. The molecule has 7 heteroatoms. The molecule has 1 aliphatic heterocycles. The number of allylic oxidation sites excluding steroid dienone is 2. The SMILES string of the molecule is COc1ccc(CCNC(=O)CCN2C(=O)[C@@H]3CC=CC[C@H]3C2=O)cc1OC. The number of methoxy groups -OCH3 is 2. The third-order valence-corrected chi connectivity index (χ3v) is 5.35. The molecule has 0 unspecified atom stereocenters. The van der Waals surface area contributed by atoms with E-state index in [4.69, 9.17) is 9.47 Å². The highest BCUT2D eigenvalue weighted by atomic mass is 16.5. The van der Waals surface area contributed by atoms with Crippen molar-refractivity contribution in [3.63, 3.8) is 0 Å². The number of hydrogen-bond donors (Lipinski definition) is 1. The second-order valence-electron chi connectivity index (χ2n) is 7.02. The summed E-state index contributed by atoms with van der Waals surface area (Å²) in [7, 11) is 3.16. The Bertz CT molecular complexity index is 763. The lowest BCUT2D eigenvalue weighted by Gasteiger charge is -2.14. The van der Waals surface area contributed by atoms with Gasteiger partial charge >= 0.3 is 0 Å². The normalized spacial score (nSPS) is 20.9. The minimum Gasteiger partial charge on any atom is -0.493 e. The van der Waals surface area contributed by atoms with Crippen LogP contribution in [-0.4, -0.2) is 49.9 Å². The maximum absolute atomic E-state index is 12.4. The molecule has 1 heterocycles. The van der Waals surface area contributed by atoms with Crippen LogP contribution in [0.15, 0.2) is 30.4 Å². The van der Waals surface area contributed by atoms with E-state index < -0.39 is 0 Å². The van der Waals surface area contributed by atoms with Crippen molar-refractivity contribution < 1.29 is 23.9 Å². The molecule has 1 N–H and O–H groups in total. The maximum atomic E-state index is 12.4. The summed E-state index contributed by atoms with van der Waals surface area (Å²) in [5, 5.41) is 2.84. The van der Waals surface area contributed by atoms with Crippen molar-refractivity contribution >= 4 is 17.7 Å². The van der Waals surface area contributed by atoms with E-state index in [0.29, 0.717) is 37.3 Å². The Hall–Kier alpha value is -2.83. The molecule has 7 nitrogen and oxygen atoms in total. The number of likely N-dealkylation sites (tertiary alicyclic amines) is 1. The summed E-state index contributed by atoms with van der Waals surface area (Å²) in [5.74, 6) is 0.361. The van der Waals surface area contributed by atoms with E-state index >= 15 is 0 Å². The zero-order valence-corrected chi connectivity index (χ0v) is 16.3. The van der Waals surface area contributed by atoms with Gasteiger partial charge in [-0.15, -0.1) is 0 Å². The molecular weight excluding hydrogens is 360 g/mol. The fraction of sp³-hybridized carbons (Fsp3) is 0.476. The molecule has 150 valence electrons. The Labute approximate surface area is 164 Å². The van der Waals surface area contributed by atoms with E-state index in [1.54, 1.807) is 14.2 Å². The number of hydrogen-bond acceptors (Lipinski definition) is 5. The van der Waals surface area contributed by atoms with E-state index in [9.17, 15) is 14.4 Å². The second-order valence-corrected chi connectivity index (χ2v) is 7.02. The van der Waals surface area contributed by atoms with Gasteiger partial charge in [0.25, 0.3) is 0 Å². The Morgan fingerprint density at radius 3 is 2.32 bits per heavy atom. The molecule has 2 atom stereocenters. The topological polar surface area (TPSA) is 84.9 Å². The molecule has 1 aromatic carbocycles. The summed E-state index contributed by atoms with van der Waals surface area (Å²) in [5.41, 5.74) is 1.01. The Balaban J connectivity index is 1.44. The van der Waals surface area contributed by atoms with Crippen molar-refractivity contribution in [2.75, 3.05) is 27.3 Å². The number of fused-ring (bicyclic) bond motifs is 1. The second kappa shape index (κ2) is 8.91. The Morgan fingerprint density at radius 2 is 1.71 bits per heavy atom. The summed E-state index contributed by atoms with van der Waals surface area (Å²) >= 11 is 0. The number of imide groups is 1. The Morgan fingerprint density at radius 1 is 1.07 bits per heavy atom. The van der Waals surface area contributed by atoms with E-state index in [1.807, 2.05) is 30.4 Å². The summed E-state index contributed by atoms with van der Waals surface area (Å²) in [6.07, 6.45) is 5.90. The van der Waals surface area contributed by atoms with Crippen LogP contribution >= 0.6 is 0 Å². The highest BCUT2D eigenvalue weighted by Gasteiger charge is 2.46. The molecule has 3 rings (SSSR count). The van der Waals surface area contributed by atoms with Crippen LogP contribution in [0.3, 0.4) is 0 Å². The molecule has 1 saturated heterocycles. The fourth-order valence-corrected chi connectivity index (χ4v) is 3.77. The van der Waals surface area contributed by atoms with Crippen LogP contribution in [0.5, 0.6) is 11.5 Å². The minimum absolute atomic E-state index is 0.121. The van der Waals surface area contributed by atoms with Gasteiger partial charge in [-0.1, -0.05) is 18.2 Å². The highest BCUT2D eigenvalue weighted by molar-refractivity contribution is 6.05. The standard InChI is InChI=1S/C21H26N2O5/c1-27-17-8-7-14(13-18(17)28-2)9-11-22-19(24)10-12-23-20(25)15-5-3-4-6-16(15)21(23)26/h3-4,7-8,13,15-16H,5-6,9-12H2,1-2H3,(H,22,24)/t15-,16-/m1/s1. The number of carbonyl (C=O) groups is 3. The zero-order valence-electron chi connectivity index (χ0n) is 16.3. The maximum Gasteiger partial charge on any atom is 0.233 e. The summed E-state index contributed by atoms with van der Waals surface area (Å²) in [6.45, 7) is 0.609. The number of carbonyl (C=O) groups excluding carboxylic acids is 3. The summed E-state index contributed by atoms with van der Waals surface area (Å²) in [4.78, 5) is 38.2. The molecule has 0 bridgehead atoms. The van der Waals surface area contributed by atoms with E-state index in [1.165, 1.54) is 4.90 Å². The quantitative estimate of drug-likeness (QED) is 0.543. The lowest BCUT2D eigenvalue weighted by Crippen LogP contribution is -2.35. The predicted molar refractivity (Wildman–Crippen MR) is 103 cm³/mol. The number of rotatable bonds is 8. The first-order valence-electron chi connectivity index (χ1n) is 9.53. The van der Waals surface area contributed by atoms with Gasteiger partial charge in [-0.05, 0) is 37.0 Å². The van der Waals surface area contributed by atoms with Gasteiger partial charge in [0.1, 0.15) is 0 Å². The molecule has 1 aliphatic carbocycles. The number of nitrogens with one attached hydrogen (secondary N) is 1.